The molecule has 1 aromatic heterocycles. The average molecular weight is 349 g/mol. The minimum absolute atomic E-state index is 0.000671. The van der Waals surface area contributed by atoms with Crippen LogP contribution < -0.4 is 5.43 Å². The largest absolute Gasteiger partial charge is 0.294 e. The molecule has 0 aliphatic carbocycles. The lowest BCUT2D eigenvalue weighted by atomic mass is 10.1. The van der Waals surface area contributed by atoms with Gasteiger partial charge in [-0.2, -0.15) is 0 Å². The van der Waals surface area contributed by atoms with Crippen molar-refractivity contribution in [3.63, 3.8) is 0 Å². The summed E-state index contributed by atoms with van der Waals surface area (Å²) >= 11 is 5.09. The number of carbonyl (C=O) groups excluding carboxylic acids is 1. The van der Waals surface area contributed by atoms with Crippen LogP contribution in [0.3, 0.4) is 0 Å². The number of rotatable bonds is 2. The minimum atomic E-state index is -0.0716. The van der Waals surface area contributed by atoms with Gasteiger partial charge in [0.15, 0.2) is 0 Å². The smallest absolute Gasteiger partial charge is 0.238 e. The Bertz CT molecular complexity index is 649. The quantitative estimate of drug-likeness (QED) is 0.890. The van der Waals surface area contributed by atoms with Gasteiger partial charge in [0.05, 0.1) is 16.6 Å². The fraction of sp³-hybridized carbons (Fsp3) is 0.133. The molecule has 0 radical (unpaired) electrons. The molecule has 1 aliphatic heterocycles. The maximum absolute atomic E-state index is 11.8. The summed E-state index contributed by atoms with van der Waals surface area (Å²) in [6, 6.07) is 12.0. The highest BCUT2D eigenvalue weighted by Gasteiger charge is 2.28. The Morgan fingerprint density at radius 3 is 2.65 bits per heavy atom. The molecular weight excluding hydrogens is 336 g/mol. The Morgan fingerprint density at radius 1 is 1.30 bits per heavy atom. The lowest BCUT2D eigenvalue weighted by Gasteiger charge is -2.23. The van der Waals surface area contributed by atoms with Gasteiger partial charge in [0.2, 0.25) is 5.91 Å². The molecule has 0 saturated carbocycles. The molecule has 1 amide bonds. The average Bonchev–Trinajstić information content (AvgIpc) is 3.08. The van der Waals surface area contributed by atoms with Gasteiger partial charge in [-0.15, -0.1) is 11.3 Å². The molecule has 1 N–H and O–H groups in total. The molecule has 3 rings (SSSR count). The molecule has 1 unspecified atom stereocenters. The highest BCUT2D eigenvalue weighted by atomic mass is 79.9. The fourth-order valence-corrected chi connectivity index (χ4v) is 3.18. The Morgan fingerprint density at radius 2 is 2.05 bits per heavy atom. The number of nitrogens with zero attached hydrogens (tertiary/aromatic N) is 1. The number of amides is 1. The van der Waals surface area contributed by atoms with Crippen molar-refractivity contribution in [2.24, 2.45) is 0 Å². The van der Waals surface area contributed by atoms with Crippen molar-refractivity contribution in [3.8, 4) is 0 Å². The Hall–Kier alpha value is -1.59. The molecular formula is C15H13BrN2OS. The summed E-state index contributed by atoms with van der Waals surface area (Å²) in [5.74, 6) is 0.000671. The van der Waals surface area contributed by atoms with Crippen LogP contribution >= 0.6 is 27.3 Å². The van der Waals surface area contributed by atoms with Crippen LogP contribution in [0.4, 0.5) is 0 Å². The number of halogens is 1. The third kappa shape index (κ3) is 2.51. The first kappa shape index (κ1) is 13.4. The van der Waals surface area contributed by atoms with Gasteiger partial charge >= 0.3 is 0 Å². The molecule has 0 spiro atoms. The van der Waals surface area contributed by atoms with Crippen LogP contribution in [0.15, 0.2) is 52.3 Å². The van der Waals surface area contributed by atoms with Gasteiger partial charge in [-0.05, 0) is 35.2 Å². The van der Waals surface area contributed by atoms with E-state index in [0.717, 1.165) is 20.6 Å². The van der Waals surface area contributed by atoms with Gasteiger partial charge in [0.25, 0.3) is 0 Å². The van der Waals surface area contributed by atoms with Gasteiger partial charge < -0.3 is 0 Å². The molecule has 0 saturated heterocycles. The first-order chi connectivity index (χ1) is 9.65. The van der Waals surface area contributed by atoms with Crippen molar-refractivity contribution in [3.05, 3.63) is 62.8 Å². The van der Waals surface area contributed by atoms with Crippen molar-refractivity contribution in [1.82, 2.24) is 10.4 Å². The van der Waals surface area contributed by atoms with Crippen molar-refractivity contribution >= 4 is 38.9 Å². The van der Waals surface area contributed by atoms with Crippen molar-refractivity contribution in [2.75, 3.05) is 0 Å². The molecule has 2 aromatic rings. The monoisotopic (exact) mass is 348 g/mol. The molecule has 5 heteroatoms. The van der Waals surface area contributed by atoms with Crippen LogP contribution in [-0.2, 0) is 4.79 Å². The van der Waals surface area contributed by atoms with E-state index in [-0.39, 0.29) is 11.9 Å². The zero-order valence-electron chi connectivity index (χ0n) is 10.8. The van der Waals surface area contributed by atoms with Crippen LogP contribution in [0.25, 0.3) is 5.70 Å². The Labute approximate surface area is 130 Å². The van der Waals surface area contributed by atoms with E-state index in [1.165, 1.54) is 0 Å². The number of hydrogen-bond acceptors (Lipinski definition) is 3. The van der Waals surface area contributed by atoms with E-state index in [1.807, 2.05) is 41.8 Å². The van der Waals surface area contributed by atoms with Crippen LogP contribution in [-0.4, -0.2) is 10.9 Å². The topological polar surface area (TPSA) is 32.3 Å². The van der Waals surface area contributed by atoms with E-state index in [4.69, 9.17) is 0 Å². The summed E-state index contributed by atoms with van der Waals surface area (Å²) in [7, 11) is 0. The van der Waals surface area contributed by atoms with E-state index < -0.39 is 0 Å². The van der Waals surface area contributed by atoms with Crippen LogP contribution in [0.2, 0.25) is 0 Å². The first-order valence-electron chi connectivity index (χ1n) is 6.23. The maximum Gasteiger partial charge on any atom is 0.238 e. The zero-order chi connectivity index (χ0) is 14.1. The molecule has 0 bridgehead atoms. The van der Waals surface area contributed by atoms with E-state index in [2.05, 4.69) is 27.4 Å². The van der Waals surface area contributed by atoms with E-state index >= 15 is 0 Å². The van der Waals surface area contributed by atoms with E-state index in [1.54, 1.807) is 23.3 Å². The summed E-state index contributed by atoms with van der Waals surface area (Å²) in [5, 5.41) is 3.70. The van der Waals surface area contributed by atoms with Crippen molar-refractivity contribution in [2.45, 2.75) is 13.0 Å². The second-order valence-electron chi connectivity index (χ2n) is 4.55. The summed E-state index contributed by atoms with van der Waals surface area (Å²) in [4.78, 5) is 13.0. The summed E-state index contributed by atoms with van der Waals surface area (Å²) < 4.78 is 1.03. The predicted molar refractivity (Wildman–Crippen MR) is 84.8 cm³/mol. The first-order valence-corrected chi connectivity index (χ1v) is 7.90. The molecule has 1 aromatic carbocycles. The van der Waals surface area contributed by atoms with Crippen LogP contribution in [0.1, 0.15) is 23.4 Å². The van der Waals surface area contributed by atoms with E-state index in [0.29, 0.717) is 0 Å². The van der Waals surface area contributed by atoms with Crippen LogP contribution in [0, 0.1) is 0 Å². The van der Waals surface area contributed by atoms with Gasteiger partial charge in [-0.25, -0.2) is 5.01 Å². The number of hydrazine groups is 1. The summed E-state index contributed by atoms with van der Waals surface area (Å²) in [6.07, 6.45) is 2.09. The highest BCUT2D eigenvalue weighted by molar-refractivity contribution is 9.10. The predicted octanol–water partition coefficient (Wildman–Crippen LogP) is 3.96. The number of benzene rings is 1. The number of thiophene rings is 1. The molecule has 0 fully saturated rings. The molecule has 2 heterocycles. The second kappa shape index (κ2) is 5.42. The third-order valence-electron chi connectivity index (χ3n) is 3.18. The molecule has 102 valence electrons. The molecule has 1 atom stereocenters. The maximum atomic E-state index is 11.8. The van der Waals surface area contributed by atoms with E-state index in [9.17, 15) is 4.79 Å². The van der Waals surface area contributed by atoms with Crippen molar-refractivity contribution in [1.29, 1.82) is 0 Å². The SMILES string of the molecule is CC(=O)N1NC(c2cccs2)=CC1c1ccc(Br)cc1. The zero-order valence-corrected chi connectivity index (χ0v) is 13.2. The highest BCUT2D eigenvalue weighted by Crippen LogP contribution is 2.33. The number of nitrogens with one attached hydrogen (secondary N) is 1. The van der Waals surface area contributed by atoms with Gasteiger partial charge in [0.1, 0.15) is 0 Å². The second-order valence-corrected chi connectivity index (χ2v) is 6.42. The lowest BCUT2D eigenvalue weighted by molar-refractivity contribution is -0.132. The standard InChI is InChI=1S/C15H13BrN2OS/c1-10(19)18-14(11-4-6-12(16)7-5-11)9-13(17-18)15-3-2-8-20-15/h2-9,14,17H,1H3. The van der Waals surface area contributed by atoms with Crippen molar-refractivity contribution < 1.29 is 4.79 Å². The molecule has 1 aliphatic rings. The molecule has 3 nitrogen and oxygen atoms in total. The normalized spacial score (nSPS) is 17.8. The minimum Gasteiger partial charge on any atom is -0.294 e. The van der Waals surface area contributed by atoms with Gasteiger partial charge in [-0.3, -0.25) is 10.2 Å². The van der Waals surface area contributed by atoms with Gasteiger partial charge in [0, 0.05) is 11.4 Å². The molecule has 20 heavy (non-hydrogen) atoms. The number of carbonyl (C=O) groups is 1. The lowest BCUT2D eigenvalue weighted by Crippen LogP contribution is -2.37. The van der Waals surface area contributed by atoms with Gasteiger partial charge in [-0.1, -0.05) is 34.1 Å². The Balaban J connectivity index is 1.97. The summed E-state index contributed by atoms with van der Waals surface area (Å²) in [6.45, 7) is 1.57. The number of hydrogen-bond donors (Lipinski definition) is 1. The third-order valence-corrected chi connectivity index (χ3v) is 4.61. The van der Waals surface area contributed by atoms with Crippen LogP contribution in [0.5, 0.6) is 0 Å². The Kier molecular flexibility index (Phi) is 3.63. The summed E-state index contributed by atoms with van der Waals surface area (Å²) in [5.41, 5.74) is 5.27. The fourth-order valence-electron chi connectivity index (χ4n) is 2.22.